The normalized spacial score (nSPS) is 37.0. The molecule has 1 heterocycles. The molecule has 2 aliphatic carbocycles. The quantitative estimate of drug-likeness (QED) is 0.413. The first kappa shape index (κ1) is 19.5. The summed E-state index contributed by atoms with van der Waals surface area (Å²) in [5, 5.41) is 24.1. The van der Waals surface area contributed by atoms with Crippen molar-refractivity contribution < 1.29 is 19.7 Å². The molecule has 0 aromatic heterocycles. The second kappa shape index (κ2) is 7.53. The Morgan fingerprint density at radius 2 is 2.04 bits per heavy atom. The zero-order valence-electron chi connectivity index (χ0n) is 16.7. The van der Waals surface area contributed by atoms with Gasteiger partial charge in [0.15, 0.2) is 0 Å². The maximum absolute atomic E-state index is 12.6. The number of hydrogen-bond donors (Lipinski definition) is 3. The number of aliphatic hydroxyl groups is 1. The largest absolute Gasteiger partial charge is 0.508 e. The Morgan fingerprint density at radius 1 is 1.29 bits per heavy atom. The first-order valence-electron chi connectivity index (χ1n) is 10.5. The van der Waals surface area contributed by atoms with Gasteiger partial charge in [-0.15, -0.1) is 0 Å². The van der Waals surface area contributed by atoms with Crippen molar-refractivity contribution in [2.75, 3.05) is 13.1 Å². The standard InChI is InChI=1S/C23H31NO4/c1-14-4-3-5-16-12-19-20(21(26)23(14,16)2)18(22(27)28-19)13-24-11-10-15-6-8-17(25)9-7-15/h5-9,14,18-21,24-26H,3-4,10-13H2,1-2H3/t14-,18+,19-,20-,21+,23-/m1/s1. The third kappa shape index (κ3) is 3.25. The molecule has 3 N–H and O–H groups in total. The molecule has 3 aliphatic rings. The van der Waals surface area contributed by atoms with Crippen LogP contribution in [0.2, 0.25) is 0 Å². The van der Waals surface area contributed by atoms with E-state index in [9.17, 15) is 15.0 Å². The number of allylic oxidation sites excluding steroid dienone is 1. The minimum atomic E-state index is -0.553. The van der Waals surface area contributed by atoms with Gasteiger partial charge < -0.3 is 20.3 Å². The van der Waals surface area contributed by atoms with Crippen LogP contribution in [-0.4, -0.2) is 41.5 Å². The number of carbonyl (C=O) groups excluding carboxylic acids is 1. The maximum Gasteiger partial charge on any atom is 0.311 e. The van der Waals surface area contributed by atoms with Crippen LogP contribution in [0, 0.1) is 23.2 Å². The molecule has 1 saturated carbocycles. The van der Waals surface area contributed by atoms with E-state index in [4.69, 9.17) is 4.74 Å². The smallest absolute Gasteiger partial charge is 0.311 e. The topological polar surface area (TPSA) is 78.8 Å². The summed E-state index contributed by atoms with van der Waals surface area (Å²) in [6, 6.07) is 7.18. The SMILES string of the molecule is C[C@@H]1CCC=C2C[C@H]3OC(=O)[C@@H](CNCCc4ccc(O)cc4)[C@H]3[C@H](O)[C@@]21C. The van der Waals surface area contributed by atoms with Gasteiger partial charge in [-0.2, -0.15) is 0 Å². The molecule has 28 heavy (non-hydrogen) atoms. The van der Waals surface area contributed by atoms with Crippen LogP contribution in [0.4, 0.5) is 0 Å². The Bertz CT molecular complexity index is 758. The second-order valence-corrected chi connectivity index (χ2v) is 8.92. The van der Waals surface area contributed by atoms with Gasteiger partial charge in [-0.05, 0) is 49.4 Å². The van der Waals surface area contributed by atoms with E-state index in [-0.39, 0.29) is 35.1 Å². The maximum atomic E-state index is 12.6. The Kier molecular flexibility index (Phi) is 5.23. The number of aliphatic hydroxyl groups excluding tert-OH is 1. The zero-order chi connectivity index (χ0) is 19.9. The van der Waals surface area contributed by atoms with E-state index >= 15 is 0 Å². The lowest BCUT2D eigenvalue weighted by Crippen LogP contribution is -2.54. The average Bonchev–Trinajstić information content (AvgIpc) is 2.98. The fourth-order valence-electron chi connectivity index (χ4n) is 5.45. The summed E-state index contributed by atoms with van der Waals surface area (Å²) in [5.74, 6) is 0.0502. The van der Waals surface area contributed by atoms with E-state index in [1.807, 2.05) is 12.1 Å². The molecule has 0 radical (unpaired) electrons. The van der Waals surface area contributed by atoms with Crippen molar-refractivity contribution in [2.45, 2.75) is 51.7 Å². The number of rotatable bonds is 5. The van der Waals surface area contributed by atoms with Crippen molar-refractivity contribution in [1.29, 1.82) is 0 Å². The molecule has 1 aromatic rings. The van der Waals surface area contributed by atoms with Gasteiger partial charge in [0.05, 0.1) is 12.0 Å². The van der Waals surface area contributed by atoms with Crippen molar-refractivity contribution >= 4 is 5.97 Å². The molecule has 0 spiro atoms. The Morgan fingerprint density at radius 3 is 2.79 bits per heavy atom. The van der Waals surface area contributed by atoms with Crippen molar-refractivity contribution in [2.24, 2.45) is 23.2 Å². The van der Waals surface area contributed by atoms with Crippen molar-refractivity contribution in [3.8, 4) is 5.75 Å². The van der Waals surface area contributed by atoms with E-state index in [1.54, 1.807) is 12.1 Å². The van der Waals surface area contributed by atoms with Crippen LogP contribution in [-0.2, 0) is 16.0 Å². The Labute approximate surface area is 166 Å². The molecule has 0 bridgehead atoms. The van der Waals surface area contributed by atoms with Crippen molar-refractivity contribution in [3.05, 3.63) is 41.5 Å². The van der Waals surface area contributed by atoms with Gasteiger partial charge in [-0.3, -0.25) is 4.79 Å². The fraction of sp³-hybridized carbons (Fsp3) is 0.609. The first-order valence-corrected chi connectivity index (χ1v) is 10.5. The lowest BCUT2D eigenvalue weighted by molar-refractivity contribution is -0.144. The molecule has 5 nitrogen and oxygen atoms in total. The van der Waals surface area contributed by atoms with Gasteiger partial charge in [0.2, 0.25) is 0 Å². The highest BCUT2D eigenvalue weighted by atomic mass is 16.6. The number of phenolic OH excluding ortho intramolecular Hbond substituents is 1. The van der Waals surface area contributed by atoms with Gasteiger partial charge in [-0.25, -0.2) is 0 Å². The summed E-state index contributed by atoms with van der Waals surface area (Å²) in [6.45, 7) is 5.65. The van der Waals surface area contributed by atoms with Crippen LogP contribution < -0.4 is 5.32 Å². The van der Waals surface area contributed by atoms with Gasteiger partial charge >= 0.3 is 5.97 Å². The average molecular weight is 386 g/mol. The predicted octanol–water partition coefficient (Wildman–Crippen LogP) is 2.81. The third-order valence-corrected chi connectivity index (χ3v) is 7.46. The number of phenols is 1. The fourth-order valence-corrected chi connectivity index (χ4v) is 5.45. The number of aromatic hydroxyl groups is 1. The molecule has 152 valence electrons. The molecule has 0 amide bonds. The minimum absolute atomic E-state index is 0.142. The molecule has 0 unspecified atom stereocenters. The van der Waals surface area contributed by atoms with Gasteiger partial charge in [0.1, 0.15) is 11.9 Å². The van der Waals surface area contributed by atoms with Crippen molar-refractivity contribution in [1.82, 2.24) is 5.32 Å². The first-order chi connectivity index (χ1) is 13.4. The highest BCUT2D eigenvalue weighted by molar-refractivity contribution is 5.76. The molecular formula is C23H31NO4. The molecule has 1 saturated heterocycles. The second-order valence-electron chi connectivity index (χ2n) is 8.92. The summed E-state index contributed by atoms with van der Waals surface area (Å²) < 4.78 is 5.70. The summed E-state index contributed by atoms with van der Waals surface area (Å²) in [4.78, 5) is 12.6. The summed E-state index contributed by atoms with van der Waals surface area (Å²) in [5.41, 5.74) is 2.15. The number of benzene rings is 1. The lowest BCUT2D eigenvalue weighted by atomic mass is 9.55. The highest BCUT2D eigenvalue weighted by Crippen LogP contribution is 2.55. The summed E-state index contributed by atoms with van der Waals surface area (Å²) in [6.07, 6.45) is 5.22. The van der Waals surface area contributed by atoms with Gasteiger partial charge in [-0.1, -0.05) is 37.6 Å². The number of nitrogens with one attached hydrogen (secondary N) is 1. The van der Waals surface area contributed by atoms with Crippen LogP contribution in [0.1, 0.15) is 38.7 Å². The van der Waals surface area contributed by atoms with E-state index in [0.717, 1.165) is 37.8 Å². The summed E-state index contributed by atoms with van der Waals surface area (Å²) in [7, 11) is 0. The lowest BCUT2D eigenvalue weighted by Gasteiger charge is -2.51. The molecule has 1 aromatic carbocycles. The van der Waals surface area contributed by atoms with Gasteiger partial charge in [0, 0.05) is 24.3 Å². The minimum Gasteiger partial charge on any atom is -0.508 e. The Hall–Kier alpha value is -1.85. The van der Waals surface area contributed by atoms with Crippen LogP contribution in [0.25, 0.3) is 0 Å². The number of esters is 1. The molecule has 1 aliphatic heterocycles. The van der Waals surface area contributed by atoms with E-state index in [1.165, 1.54) is 5.57 Å². The van der Waals surface area contributed by atoms with E-state index < -0.39 is 6.10 Å². The zero-order valence-corrected chi connectivity index (χ0v) is 16.7. The molecule has 6 atom stereocenters. The molecule has 5 heteroatoms. The number of ether oxygens (including phenoxy) is 1. The van der Waals surface area contributed by atoms with E-state index in [2.05, 4.69) is 25.2 Å². The highest BCUT2D eigenvalue weighted by Gasteiger charge is 2.59. The number of fused-ring (bicyclic) bond motifs is 2. The predicted molar refractivity (Wildman–Crippen MR) is 107 cm³/mol. The molecule has 2 fully saturated rings. The summed E-state index contributed by atoms with van der Waals surface area (Å²) >= 11 is 0. The molecule has 4 rings (SSSR count). The van der Waals surface area contributed by atoms with Gasteiger partial charge in [0.25, 0.3) is 0 Å². The number of carbonyl (C=O) groups is 1. The van der Waals surface area contributed by atoms with Crippen LogP contribution in [0.5, 0.6) is 5.75 Å². The van der Waals surface area contributed by atoms with Crippen LogP contribution in [0.3, 0.4) is 0 Å². The van der Waals surface area contributed by atoms with Crippen LogP contribution >= 0.6 is 0 Å². The number of hydrogen-bond acceptors (Lipinski definition) is 5. The van der Waals surface area contributed by atoms with E-state index in [0.29, 0.717) is 12.5 Å². The van der Waals surface area contributed by atoms with Crippen molar-refractivity contribution in [3.63, 3.8) is 0 Å². The third-order valence-electron chi connectivity index (χ3n) is 7.46. The molecular weight excluding hydrogens is 354 g/mol. The van der Waals surface area contributed by atoms with Crippen LogP contribution in [0.15, 0.2) is 35.9 Å². The monoisotopic (exact) mass is 385 g/mol. The Balaban J connectivity index is 1.41.